The first kappa shape index (κ1) is 18.2. The number of aliphatic imine (C=N–C) groups is 1. The predicted molar refractivity (Wildman–Crippen MR) is 104 cm³/mol. The lowest BCUT2D eigenvalue weighted by Gasteiger charge is -2.01. The molecule has 0 aliphatic carbocycles. The number of esters is 1. The number of methoxy groups -OCH3 is 1. The van der Waals surface area contributed by atoms with Gasteiger partial charge in [0, 0.05) is 29.3 Å². The summed E-state index contributed by atoms with van der Waals surface area (Å²) in [5, 5.41) is 10.9. The zero-order chi connectivity index (χ0) is 20.4. The third-order valence-corrected chi connectivity index (χ3v) is 4.20. The summed E-state index contributed by atoms with van der Waals surface area (Å²) in [6.45, 7) is 0. The van der Waals surface area contributed by atoms with Crippen LogP contribution in [0.5, 0.6) is 5.75 Å². The number of carbonyl (C=O) groups excluding carboxylic acids is 1. The Morgan fingerprint density at radius 2 is 1.86 bits per heavy atom. The Bertz CT molecular complexity index is 1160. The Morgan fingerprint density at radius 3 is 2.59 bits per heavy atom. The number of nitrogens with zero attached hydrogens (tertiary/aromatic N) is 2. The summed E-state index contributed by atoms with van der Waals surface area (Å²) in [6, 6.07) is 16.4. The molecular formula is C21H14N2O6. The van der Waals surface area contributed by atoms with Crippen LogP contribution in [-0.4, -0.2) is 23.9 Å². The normalized spacial score (nSPS) is 14.6. The van der Waals surface area contributed by atoms with Crippen LogP contribution in [-0.2, 0) is 9.53 Å². The summed E-state index contributed by atoms with van der Waals surface area (Å²) in [5.74, 6) is 1.08. The molecule has 0 fully saturated rings. The maximum atomic E-state index is 12.1. The summed E-state index contributed by atoms with van der Waals surface area (Å²) in [6.07, 6.45) is 1.46. The molecule has 0 N–H and O–H groups in total. The summed E-state index contributed by atoms with van der Waals surface area (Å²) >= 11 is 0. The number of nitro groups is 1. The minimum atomic E-state index is -0.593. The molecular weight excluding hydrogens is 376 g/mol. The Morgan fingerprint density at radius 1 is 1.07 bits per heavy atom. The van der Waals surface area contributed by atoms with Crippen molar-refractivity contribution in [2.75, 3.05) is 7.11 Å². The maximum absolute atomic E-state index is 12.1. The lowest BCUT2D eigenvalue weighted by atomic mass is 10.1. The molecule has 144 valence electrons. The number of cyclic esters (lactones) is 1. The molecule has 0 radical (unpaired) electrons. The monoisotopic (exact) mass is 390 g/mol. The summed E-state index contributed by atoms with van der Waals surface area (Å²) < 4.78 is 16.0. The van der Waals surface area contributed by atoms with E-state index in [0.717, 1.165) is 0 Å². The van der Waals surface area contributed by atoms with Crippen molar-refractivity contribution >= 4 is 23.6 Å². The van der Waals surface area contributed by atoms with E-state index in [1.54, 1.807) is 55.6 Å². The van der Waals surface area contributed by atoms with Gasteiger partial charge in [0.05, 0.1) is 12.0 Å². The van der Waals surface area contributed by atoms with E-state index >= 15 is 0 Å². The average Bonchev–Trinajstić information content (AvgIpc) is 3.35. The number of ether oxygens (including phenoxy) is 2. The van der Waals surface area contributed by atoms with E-state index in [1.165, 1.54) is 18.2 Å². The molecule has 2 aromatic carbocycles. The zero-order valence-corrected chi connectivity index (χ0v) is 15.2. The molecule has 1 aliphatic heterocycles. The molecule has 4 rings (SSSR count). The molecule has 2 heterocycles. The van der Waals surface area contributed by atoms with E-state index < -0.39 is 10.9 Å². The lowest BCUT2D eigenvalue weighted by molar-refractivity contribution is -0.384. The Labute approximate surface area is 164 Å². The number of carbonyl (C=O) groups is 1. The van der Waals surface area contributed by atoms with Gasteiger partial charge in [-0.1, -0.05) is 12.1 Å². The van der Waals surface area contributed by atoms with Crippen molar-refractivity contribution in [1.29, 1.82) is 0 Å². The van der Waals surface area contributed by atoms with Gasteiger partial charge in [0.15, 0.2) is 5.70 Å². The number of furan rings is 1. The maximum Gasteiger partial charge on any atom is 0.363 e. The van der Waals surface area contributed by atoms with Crippen LogP contribution >= 0.6 is 0 Å². The van der Waals surface area contributed by atoms with E-state index in [-0.39, 0.29) is 17.3 Å². The number of rotatable bonds is 5. The highest BCUT2D eigenvalue weighted by Crippen LogP contribution is 2.27. The third-order valence-electron chi connectivity index (χ3n) is 4.20. The van der Waals surface area contributed by atoms with Crippen molar-refractivity contribution in [3.05, 3.63) is 87.8 Å². The number of nitro benzene ring substituents is 1. The molecule has 8 nitrogen and oxygen atoms in total. The van der Waals surface area contributed by atoms with Gasteiger partial charge in [0.25, 0.3) is 5.69 Å². The van der Waals surface area contributed by atoms with Gasteiger partial charge < -0.3 is 13.9 Å². The van der Waals surface area contributed by atoms with Crippen LogP contribution in [0.3, 0.4) is 0 Å². The molecule has 3 aromatic rings. The van der Waals surface area contributed by atoms with Gasteiger partial charge in [-0.3, -0.25) is 10.1 Å². The van der Waals surface area contributed by atoms with Crippen molar-refractivity contribution in [1.82, 2.24) is 0 Å². The van der Waals surface area contributed by atoms with E-state index in [0.29, 0.717) is 28.4 Å². The van der Waals surface area contributed by atoms with Crippen LogP contribution in [0.25, 0.3) is 17.4 Å². The van der Waals surface area contributed by atoms with Crippen LogP contribution in [0.15, 0.2) is 75.8 Å². The van der Waals surface area contributed by atoms with Crippen LogP contribution in [0.4, 0.5) is 5.69 Å². The first-order valence-corrected chi connectivity index (χ1v) is 8.55. The lowest BCUT2D eigenvalue weighted by Crippen LogP contribution is -2.05. The van der Waals surface area contributed by atoms with Crippen molar-refractivity contribution in [3.63, 3.8) is 0 Å². The van der Waals surface area contributed by atoms with Gasteiger partial charge in [-0.05, 0) is 36.4 Å². The number of hydrogen-bond donors (Lipinski definition) is 0. The number of hydrogen-bond acceptors (Lipinski definition) is 7. The van der Waals surface area contributed by atoms with Gasteiger partial charge in [-0.2, -0.15) is 0 Å². The van der Waals surface area contributed by atoms with Crippen molar-refractivity contribution in [2.45, 2.75) is 0 Å². The molecule has 0 bridgehead atoms. The van der Waals surface area contributed by atoms with E-state index in [1.807, 2.05) is 0 Å². The summed E-state index contributed by atoms with van der Waals surface area (Å²) in [5.41, 5.74) is 1.25. The van der Waals surface area contributed by atoms with Crippen LogP contribution in [0.2, 0.25) is 0 Å². The van der Waals surface area contributed by atoms with Crippen molar-refractivity contribution in [2.24, 2.45) is 4.99 Å². The van der Waals surface area contributed by atoms with Gasteiger partial charge in [-0.15, -0.1) is 0 Å². The fourth-order valence-electron chi connectivity index (χ4n) is 2.76. The van der Waals surface area contributed by atoms with Gasteiger partial charge in [0.1, 0.15) is 17.3 Å². The van der Waals surface area contributed by atoms with E-state index in [9.17, 15) is 14.9 Å². The molecule has 1 aromatic heterocycles. The molecule has 0 atom stereocenters. The van der Waals surface area contributed by atoms with Crippen molar-refractivity contribution in [3.8, 4) is 17.1 Å². The van der Waals surface area contributed by atoms with Crippen molar-refractivity contribution < 1.29 is 23.6 Å². The minimum absolute atomic E-state index is 0.0353. The fraction of sp³-hybridized carbons (Fsp3) is 0.0476. The zero-order valence-electron chi connectivity index (χ0n) is 15.2. The second kappa shape index (κ2) is 7.43. The first-order chi connectivity index (χ1) is 14.0. The van der Waals surface area contributed by atoms with Gasteiger partial charge in [0.2, 0.25) is 5.90 Å². The molecule has 0 saturated heterocycles. The Balaban J connectivity index is 1.59. The largest absolute Gasteiger partial charge is 0.497 e. The van der Waals surface area contributed by atoms with Crippen LogP contribution in [0.1, 0.15) is 11.3 Å². The van der Waals surface area contributed by atoms with E-state index in [4.69, 9.17) is 13.9 Å². The second-order valence-corrected chi connectivity index (χ2v) is 6.07. The number of non-ortho nitro benzene ring substituents is 1. The molecule has 0 unspecified atom stereocenters. The molecule has 29 heavy (non-hydrogen) atoms. The van der Waals surface area contributed by atoms with Gasteiger partial charge in [-0.25, -0.2) is 9.79 Å². The van der Waals surface area contributed by atoms with Gasteiger partial charge >= 0.3 is 5.97 Å². The topological polar surface area (TPSA) is 104 Å². The second-order valence-electron chi connectivity index (χ2n) is 6.07. The quantitative estimate of drug-likeness (QED) is 0.280. The fourth-order valence-corrected chi connectivity index (χ4v) is 2.76. The van der Waals surface area contributed by atoms with Crippen LogP contribution in [0, 0.1) is 10.1 Å². The average molecular weight is 390 g/mol. The molecule has 1 aliphatic rings. The smallest absolute Gasteiger partial charge is 0.363 e. The highest BCUT2D eigenvalue weighted by atomic mass is 16.6. The molecule has 0 saturated carbocycles. The summed E-state index contributed by atoms with van der Waals surface area (Å²) in [4.78, 5) is 26.8. The standard InChI is InChI=1S/C21H14N2O6/c1-27-16-7-5-13(6-8-16)20-22-18(21(24)29-20)12-17-9-10-19(28-17)14-3-2-4-15(11-14)23(25)26/h2-12H,1H3. The molecule has 8 heteroatoms. The highest BCUT2D eigenvalue weighted by molar-refractivity contribution is 6.12. The SMILES string of the molecule is COc1ccc(C2=NC(=Cc3ccc(-c4cccc([N+](=O)[O-])c4)o3)C(=O)O2)cc1. The van der Waals surface area contributed by atoms with Crippen LogP contribution < -0.4 is 4.74 Å². The molecule has 0 amide bonds. The Hall–Kier alpha value is -4.20. The number of benzene rings is 2. The minimum Gasteiger partial charge on any atom is -0.497 e. The predicted octanol–water partition coefficient (Wildman–Crippen LogP) is 4.21. The first-order valence-electron chi connectivity index (χ1n) is 8.55. The highest BCUT2D eigenvalue weighted by Gasteiger charge is 2.24. The summed E-state index contributed by atoms with van der Waals surface area (Å²) in [7, 11) is 1.56. The molecule has 0 spiro atoms. The Kier molecular flexibility index (Phi) is 4.66. The van der Waals surface area contributed by atoms with E-state index in [2.05, 4.69) is 4.99 Å². The third kappa shape index (κ3) is 3.77.